The Bertz CT molecular complexity index is 482. The largest absolute Gasteiger partial charge is 0.493 e. The molecule has 0 spiro atoms. The molecule has 0 aliphatic rings. The first kappa shape index (κ1) is 12.3. The molecule has 1 aromatic carbocycles. The first-order chi connectivity index (χ1) is 8.84. The molecule has 2 rings (SSSR count). The number of rotatable bonds is 6. The Morgan fingerprint density at radius 1 is 1.06 bits per heavy atom. The molecule has 1 heterocycles. The second kappa shape index (κ2) is 6.55. The molecule has 0 aliphatic heterocycles. The maximum atomic E-state index is 11.7. The lowest BCUT2D eigenvalue weighted by Gasteiger charge is -2.05. The van der Waals surface area contributed by atoms with Crippen molar-refractivity contribution in [1.82, 2.24) is 4.98 Å². The summed E-state index contributed by atoms with van der Waals surface area (Å²) in [7, 11) is 0. The number of carbonyl (C=O) groups is 1. The second-order valence-corrected chi connectivity index (χ2v) is 3.95. The number of para-hydroxylation sites is 1. The van der Waals surface area contributed by atoms with Crippen molar-refractivity contribution in [3.05, 3.63) is 60.4 Å². The van der Waals surface area contributed by atoms with Crippen LogP contribution in [0.25, 0.3) is 0 Å². The summed E-state index contributed by atoms with van der Waals surface area (Å²) in [4.78, 5) is 15.8. The summed E-state index contributed by atoms with van der Waals surface area (Å²) in [5, 5.41) is 0. The number of ketones is 1. The normalized spacial score (nSPS) is 10.0. The fraction of sp³-hybridized carbons (Fsp3) is 0.200. The van der Waals surface area contributed by atoms with E-state index in [2.05, 4.69) is 4.98 Å². The number of pyridine rings is 1. The highest BCUT2D eigenvalue weighted by molar-refractivity contribution is 5.80. The van der Waals surface area contributed by atoms with Gasteiger partial charge in [0.2, 0.25) is 0 Å². The van der Waals surface area contributed by atoms with Crippen molar-refractivity contribution in [3.8, 4) is 5.75 Å². The van der Waals surface area contributed by atoms with Crippen molar-refractivity contribution in [2.75, 3.05) is 6.61 Å². The van der Waals surface area contributed by atoms with Crippen molar-refractivity contribution in [1.29, 1.82) is 0 Å². The topological polar surface area (TPSA) is 39.2 Å². The van der Waals surface area contributed by atoms with Gasteiger partial charge in [-0.3, -0.25) is 9.78 Å². The fourth-order valence-corrected chi connectivity index (χ4v) is 1.59. The molecule has 3 nitrogen and oxygen atoms in total. The van der Waals surface area contributed by atoms with Crippen molar-refractivity contribution in [2.45, 2.75) is 12.8 Å². The van der Waals surface area contributed by atoms with Crippen LogP contribution in [0.1, 0.15) is 12.1 Å². The molecular formula is C15H15NO2. The van der Waals surface area contributed by atoms with Gasteiger partial charge in [-0.15, -0.1) is 0 Å². The summed E-state index contributed by atoms with van der Waals surface area (Å²) in [6.45, 7) is 0.412. The third kappa shape index (κ3) is 4.01. The lowest BCUT2D eigenvalue weighted by atomic mass is 10.1. The summed E-state index contributed by atoms with van der Waals surface area (Å²) in [6.07, 6.45) is 2.48. The molecule has 0 atom stereocenters. The molecule has 0 saturated carbocycles. The summed E-state index contributed by atoms with van der Waals surface area (Å²) < 4.78 is 5.47. The summed E-state index contributed by atoms with van der Waals surface area (Å²) in [5.41, 5.74) is 0.808. The third-order valence-corrected chi connectivity index (χ3v) is 2.50. The van der Waals surface area contributed by atoms with E-state index >= 15 is 0 Å². The van der Waals surface area contributed by atoms with Gasteiger partial charge in [0.15, 0.2) is 0 Å². The van der Waals surface area contributed by atoms with Crippen LogP contribution in [-0.2, 0) is 11.2 Å². The van der Waals surface area contributed by atoms with E-state index in [0.717, 1.165) is 11.4 Å². The molecule has 0 bridgehead atoms. The summed E-state index contributed by atoms with van der Waals surface area (Å²) in [5.74, 6) is 0.938. The second-order valence-electron chi connectivity index (χ2n) is 3.95. The Kier molecular flexibility index (Phi) is 4.47. The fourth-order valence-electron chi connectivity index (χ4n) is 1.59. The maximum Gasteiger partial charge on any atom is 0.142 e. The first-order valence-corrected chi connectivity index (χ1v) is 5.94. The van der Waals surface area contributed by atoms with Gasteiger partial charge < -0.3 is 4.74 Å². The quantitative estimate of drug-likeness (QED) is 0.780. The molecule has 0 fully saturated rings. The number of hydrogen-bond acceptors (Lipinski definition) is 3. The Morgan fingerprint density at radius 3 is 2.56 bits per heavy atom. The molecule has 0 saturated heterocycles. The van der Waals surface area contributed by atoms with E-state index in [0.29, 0.717) is 19.4 Å². The lowest BCUT2D eigenvalue weighted by Crippen LogP contribution is -2.09. The van der Waals surface area contributed by atoms with Crippen LogP contribution in [0.5, 0.6) is 5.75 Å². The summed E-state index contributed by atoms with van der Waals surface area (Å²) in [6, 6.07) is 15.1. The first-order valence-electron chi connectivity index (χ1n) is 5.94. The van der Waals surface area contributed by atoms with E-state index in [4.69, 9.17) is 4.74 Å². The third-order valence-electron chi connectivity index (χ3n) is 2.50. The van der Waals surface area contributed by atoms with Gasteiger partial charge in [0.05, 0.1) is 6.61 Å². The zero-order valence-corrected chi connectivity index (χ0v) is 10.1. The Labute approximate surface area is 106 Å². The monoisotopic (exact) mass is 241 g/mol. The van der Waals surface area contributed by atoms with E-state index in [1.54, 1.807) is 6.20 Å². The number of carbonyl (C=O) groups excluding carboxylic acids is 1. The van der Waals surface area contributed by atoms with Crippen LogP contribution in [0.2, 0.25) is 0 Å². The highest BCUT2D eigenvalue weighted by Crippen LogP contribution is 2.08. The van der Waals surface area contributed by atoms with Gasteiger partial charge in [0.1, 0.15) is 11.5 Å². The van der Waals surface area contributed by atoms with E-state index in [1.807, 2.05) is 48.5 Å². The van der Waals surface area contributed by atoms with Crippen LogP contribution in [0.15, 0.2) is 54.7 Å². The lowest BCUT2D eigenvalue weighted by molar-refractivity contribution is -0.118. The number of benzene rings is 1. The molecule has 3 heteroatoms. The molecule has 1 aromatic heterocycles. The Balaban J connectivity index is 1.73. The average Bonchev–Trinajstić information content (AvgIpc) is 2.41. The molecule has 0 radical (unpaired) electrons. The molecular weight excluding hydrogens is 226 g/mol. The minimum atomic E-state index is 0.143. The highest BCUT2D eigenvalue weighted by Gasteiger charge is 2.04. The minimum Gasteiger partial charge on any atom is -0.493 e. The number of Topliss-reactive ketones (excluding diaryl/α,β-unsaturated/α-hetero) is 1. The van der Waals surface area contributed by atoms with Gasteiger partial charge in [-0.25, -0.2) is 0 Å². The number of aromatic nitrogens is 1. The number of nitrogens with zero attached hydrogens (tertiary/aromatic N) is 1. The predicted molar refractivity (Wildman–Crippen MR) is 69.5 cm³/mol. The zero-order valence-electron chi connectivity index (χ0n) is 10.1. The number of ether oxygens (including phenoxy) is 1. The minimum absolute atomic E-state index is 0.143. The predicted octanol–water partition coefficient (Wildman–Crippen LogP) is 2.66. The van der Waals surface area contributed by atoms with E-state index in [9.17, 15) is 4.79 Å². The van der Waals surface area contributed by atoms with Gasteiger partial charge in [0, 0.05) is 24.7 Å². The van der Waals surface area contributed by atoms with Crippen molar-refractivity contribution in [2.24, 2.45) is 0 Å². The molecule has 0 aliphatic carbocycles. The molecule has 0 unspecified atom stereocenters. The average molecular weight is 241 g/mol. The van der Waals surface area contributed by atoms with Crippen LogP contribution in [0, 0.1) is 0 Å². The highest BCUT2D eigenvalue weighted by atomic mass is 16.5. The van der Waals surface area contributed by atoms with E-state index < -0.39 is 0 Å². The van der Waals surface area contributed by atoms with Crippen molar-refractivity contribution in [3.63, 3.8) is 0 Å². The van der Waals surface area contributed by atoms with E-state index in [-0.39, 0.29) is 5.78 Å². The van der Waals surface area contributed by atoms with Crippen molar-refractivity contribution < 1.29 is 9.53 Å². The Morgan fingerprint density at radius 2 is 1.83 bits per heavy atom. The Hall–Kier alpha value is -2.16. The molecule has 2 aromatic rings. The van der Waals surface area contributed by atoms with Gasteiger partial charge >= 0.3 is 0 Å². The molecule has 0 N–H and O–H groups in total. The smallest absolute Gasteiger partial charge is 0.142 e. The SMILES string of the molecule is O=C(CCOc1ccccc1)Cc1ccccn1. The standard InChI is InChI=1S/C15H15NO2/c17-14(12-13-6-4-5-10-16-13)9-11-18-15-7-2-1-3-8-15/h1-8,10H,9,11-12H2. The van der Waals surface area contributed by atoms with Crippen LogP contribution >= 0.6 is 0 Å². The molecule has 0 amide bonds. The van der Waals surface area contributed by atoms with Gasteiger partial charge in [-0.05, 0) is 24.3 Å². The van der Waals surface area contributed by atoms with E-state index in [1.165, 1.54) is 0 Å². The maximum absolute atomic E-state index is 11.7. The van der Waals surface area contributed by atoms with Crippen LogP contribution in [0.3, 0.4) is 0 Å². The van der Waals surface area contributed by atoms with Crippen molar-refractivity contribution >= 4 is 5.78 Å². The molecule has 18 heavy (non-hydrogen) atoms. The number of hydrogen-bond donors (Lipinski definition) is 0. The van der Waals surface area contributed by atoms with Gasteiger partial charge in [0.25, 0.3) is 0 Å². The van der Waals surface area contributed by atoms with Gasteiger partial charge in [-0.2, -0.15) is 0 Å². The van der Waals surface area contributed by atoms with Gasteiger partial charge in [-0.1, -0.05) is 24.3 Å². The molecule has 92 valence electrons. The summed E-state index contributed by atoms with van der Waals surface area (Å²) >= 11 is 0. The van der Waals surface area contributed by atoms with Crippen LogP contribution < -0.4 is 4.74 Å². The van der Waals surface area contributed by atoms with Crippen LogP contribution in [-0.4, -0.2) is 17.4 Å². The van der Waals surface area contributed by atoms with Crippen LogP contribution in [0.4, 0.5) is 0 Å². The zero-order chi connectivity index (χ0) is 12.6.